The van der Waals surface area contributed by atoms with Gasteiger partial charge < -0.3 is 38.9 Å². The highest BCUT2D eigenvalue weighted by atomic mass is 32.2. The third-order valence-electron chi connectivity index (χ3n) is 13.5. The number of carbonyl (C=O) groups excluding carboxylic acids is 1. The Balaban J connectivity index is 1.35. The number of oxime groups is 1. The number of aliphatic hydroxyl groups excluding tert-OH is 2. The lowest BCUT2D eigenvalue weighted by molar-refractivity contribution is -0.255. The summed E-state index contributed by atoms with van der Waals surface area (Å²) in [6, 6.07) is 27.8. The van der Waals surface area contributed by atoms with Crippen molar-refractivity contribution in [3.8, 4) is 23.3 Å². The number of benzene rings is 4. The first-order valence-corrected chi connectivity index (χ1v) is 24.7. The minimum absolute atomic E-state index is 0.00756. The summed E-state index contributed by atoms with van der Waals surface area (Å²) in [5, 5.41) is 34.7. The predicted molar refractivity (Wildman–Crippen MR) is 255 cm³/mol. The van der Waals surface area contributed by atoms with Crippen LogP contribution in [-0.4, -0.2) is 77.5 Å². The molecule has 8 rings (SSSR count). The summed E-state index contributed by atoms with van der Waals surface area (Å²) >= 11 is 1.66. The van der Waals surface area contributed by atoms with E-state index in [1.54, 1.807) is 59.1 Å². The number of unbranched alkanes of at least 4 members (excludes halogenated alkanes) is 2. The fraction of sp³-hybridized carbons (Fsp3) is 0.426. The first kappa shape index (κ1) is 48.0. The lowest BCUT2D eigenvalue weighted by atomic mass is 9.55. The van der Waals surface area contributed by atoms with Crippen LogP contribution < -0.4 is 9.47 Å². The van der Waals surface area contributed by atoms with Crippen LogP contribution in [0.4, 0.5) is 4.39 Å². The number of thioether (sulfide) groups is 1. The molecule has 4 aliphatic rings. The standard InChI is InChI=1S/C54H60FN3O8S/c1-3-29-63-54-49(58(35-37-15-19-40(55)20-16-37)53(61)38-17-13-36(34-56)14-18-38)33-47(57-66-50-12-6-9-30-62-50)45-31-39(10-4-7-27-59)44(11-5-8-28-60)51(52(45)54)46-32-42(23-26-48(46)65-54)64-41-21-24-43(67-2)25-22-41/h3,13-26,31-32,39,44,49-52,59-60H,1,4-12,27-30,33,35H2,2H3. The van der Waals surface area contributed by atoms with Gasteiger partial charge in [0.25, 0.3) is 5.91 Å². The molecule has 7 unspecified atom stereocenters. The van der Waals surface area contributed by atoms with Crippen molar-refractivity contribution in [3.63, 3.8) is 0 Å². The van der Waals surface area contributed by atoms with E-state index in [0.29, 0.717) is 65.5 Å². The van der Waals surface area contributed by atoms with Gasteiger partial charge in [0.2, 0.25) is 12.1 Å². The second kappa shape index (κ2) is 22.5. The number of nitrogens with zero attached hydrogens (tertiary/aromatic N) is 3. The second-order valence-corrected chi connectivity index (χ2v) is 18.6. The highest BCUT2D eigenvalue weighted by Crippen LogP contribution is 2.62. The number of hydrogen-bond donors (Lipinski definition) is 2. The molecule has 11 nitrogen and oxygen atoms in total. The zero-order valence-electron chi connectivity index (χ0n) is 38.1. The van der Waals surface area contributed by atoms with Crippen LogP contribution in [0.1, 0.15) is 97.2 Å². The Labute approximate surface area is 397 Å². The van der Waals surface area contributed by atoms with Crippen LogP contribution in [0.5, 0.6) is 17.2 Å². The number of rotatable bonds is 20. The SMILES string of the molecule is C=CCOC12Oc3ccc(Oc4ccc(SC)cc4)cc3C3C(CCCCO)C(CCCCO)C=C(C(=NOC4CCCCO4)CC1N(Cc1ccc(F)cc1)C(=O)c1ccc(C#N)cc1)C32. The van der Waals surface area contributed by atoms with E-state index in [1.807, 2.05) is 42.7 Å². The maximum absolute atomic E-state index is 15.4. The molecule has 4 aromatic carbocycles. The normalized spacial score (nSPS) is 24.6. The van der Waals surface area contributed by atoms with Gasteiger partial charge in [0.15, 0.2) is 0 Å². The van der Waals surface area contributed by atoms with Crippen molar-refractivity contribution in [2.24, 2.45) is 22.9 Å². The third-order valence-corrected chi connectivity index (χ3v) is 14.3. The van der Waals surface area contributed by atoms with Crippen LogP contribution >= 0.6 is 11.8 Å². The number of halogens is 1. The Morgan fingerprint density at radius 3 is 2.42 bits per heavy atom. The molecular weight excluding hydrogens is 870 g/mol. The lowest BCUT2D eigenvalue weighted by Crippen LogP contribution is -2.70. The highest BCUT2D eigenvalue weighted by molar-refractivity contribution is 7.98. The number of nitriles is 1. The fourth-order valence-corrected chi connectivity index (χ4v) is 10.8. The van der Waals surface area contributed by atoms with Crippen LogP contribution in [0.2, 0.25) is 0 Å². The molecule has 7 atom stereocenters. The fourth-order valence-electron chi connectivity index (χ4n) is 10.4. The minimum atomic E-state index is -1.54. The molecule has 67 heavy (non-hydrogen) atoms. The Hall–Kier alpha value is -5.49. The average Bonchev–Trinajstić information content (AvgIpc) is 3.36. The molecule has 2 fully saturated rings. The molecular formula is C54H60FN3O8S. The monoisotopic (exact) mass is 929 g/mol. The molecule has 1 amide bonds. The van der Waals surface area contributed by atoms with Gasteiger partial charge in [-0.15, -0.1) is 18.3 Å². The highest BCUT2D eigenvalue weighted by Gasteiger charge is 2.65. The van der Waals surface area contributed by atoms with Crippen molar-refractivity contribution in [2.45, 2.75) is 99.7 Å². The molecule has 352 valence electrons. The van der Waals surface area contributed by atoms with Crippen LogP contribution in [0.15, 0.2) is 125 Å². The summed E-state index contributed by atoms with van der Waals surface area (Å²) in [5.41, 5.74) is 3.90. The number of ether oxygens (including phenoxy) is 4. The number of aliphatic hydroxyl groups is 2. The molecule has 0 bridgehead atoms. The van der Waals surface area contributed by atoms with E-state index >= 15 is 4.79 Å². The summed E-state index contributed by atoms with van der Waals surface area (Å²) < 4.78 is 41.7. The molecule has 1 saturated carbocycles. The average molecular weight is 930 g/mol. The zero-order valence-corrected chi connectivity index (χ0v) is 38.9. The van der Waals surface area contributed by atoms with Crippen molar-refractivity contribution in [1.82, 2.24) is 4.90 Å². The van der Waals surface area contributed by atoms with E-state index in [1.165, 1.54) is 12.1 Å². The van der Waals surface area contributed by atoms with Gasteiger partial charge in [-0.05, 0) is 147 Å². The molecule has 2 heterocycles. The van der Waals surface area contributed by atoms with Crippen molar-refractivity contribution in [1.29, 1.82) is 5.26 Å². The van der Waals surface area contributed by atoms with Gasteiger partial charge in [0, 0.05) is 54.5 Å². The minimum Gasteiger partial charge on any atom is -0.459 e. The van der Waals surface area contributed by atoms with E-state index in [9.17, 15) is 19.9 Å². The van der Waals surface area contributed by atoms with Gasteiger partial charge in [-0.2, -0.15) is 5.26 Å². The third kappa shape index (κ3) is 10.8. The maximum Gasteiger partial charge on any atom is 0.254 e. The topological polar surface area (TPSA) is 143 Å². The van der Waals surface area contributed by atoms with Gasteiger partial charge in [0.1, 0.15) is 29.1 Å². The predicted octanol–water partition coefficient (Wildman–Crippen LogP) is 10.7. The summed E-state index contributed by atoms with van der Waals surface area (Å²) in [6.07, 6.45) is 12.6. The smallest absolute Gasteiger partial charge is 0.254 e. The zero-order chi connectivity index (χ0) is 46.8. The molecule has 2 N–H and O–H groups in total. The first-order valence-electron chi connectivity index (χ1n) is 23.5. The van der Waals surface area contributed by atoms with Crippen molar-refractivity contribution >= 4 is 23.4 Å². The molecule has 0 aromatic heterocycles. The lowest BCUT2D eigenvalue weighted by Gasteiger charge is -2.60. The number of amides is 1. The van der Waals surface area contributed by atoms with Gasteiger partial charge in [0.05, 0.1) is 36.5 Å². The van der Waals surface area contributed by atoms with Crippen LogP contribution in [0.3, 0.4) is 0 Å². The van der Waals surface area contributed by atoms with E-state index in [0.717, 1.165) is 54.6 Å². The number of allylic oxidation sites excluding steroid dienone is 1. The largest absolute Gasteiger partial charge is 0.459 e. The van der Waals surface area contributed by atoms with Crippen molar-refractivity contribution in [3.05, 3.63) is 143 Å². The number of fused-ring (bicyclic) bond motifs is 2. The Bertz CT molecular complexity index is 2420. The summed E-state index contributed by atoms with van der Waals surface area (Å²) in [7, 11) is 0. The second-order valence-electron chi connectivity index (χ2n) is 17.7. The van der Waals surface area contributed by atoms with Crippen LogP contribution in [0.25, 0.3) is 0 Å². The summed E-state index contributed by atoms with van der Waals surface area (Å²) in [4.78, 5) is 24.6. The Kier molecular flexibility index (Phi) is 16.1. The van der Waals surface area contributed by atoms with Crippen molar-refractivity contribution < 1.29 is 43.2 Å². The van der Waals surface area contributed by atoms with Gasteiger partial charge in [-0.1, -0.05) is 42.3 Å². The molecule has 13 heteroatoms. The molecule has 2 aliphatic heterocycles. The van der Waals surface area contributed by atoms with Gasteiger partial charge in [-0.25, -0.2) is 4.39 Å². The summed E-state index contributed by atoms with van der Waals surface area (Å²) in [5.74, 6) is -1.21. The van der Waals surface area contributed by atoms with Gasteiger partial charge >= 0.3 is 0 Å². The van der Waals surface area contributed by atoms with Gasteiger partial charge in [-0.3, -0.25) is 4.79 Å². The van der Waals surface area contributed by atoms with Crippen molar-refractivity contribution in [2.75, 3.05) is 32.7 Å². The Morgan fingerprint density at radius 1 is 0.985 bits per heavy atom. The molecule has 1 saturated heterocycles. The summed E-state index contributed by atoms with van der Waals surface area (Å²) in [6.45, 7) is 4.91. The van der Waals surface area contributed by atoms with Crippen LogP contribution in [-0.2, 0) is 20.9 Å². The molecule has 4 aromatic rings. The molecule has 2 aliphatic carbocycles. The van der Waals surface area contributed by atoms with E-state index in [4.69, 9.17) is 28.9 Å². The van der Waals surface area contributed by atoms with E-state index < -0.39 is 29.9 Å². The first-order chi connectivity index (χ1) is 32.8. The Morgan fingerprint density at radius 2 is 1.73 bits per heavy atom. The van der Waals surface area contributed by atoms with Crippen LogP contribution in [0, 0.1) is 34.9 Å². The van der Waals surface area contributed by atoms with E-state index in [2.05, 4.69) is 24.8 Å². The van der Waals surface area contributed by atoms with E-state index in [-0.39, 0.29) is 56.4 Å². The maximum atomic E-state index is 15.4. The quantitative estimate of drug-likeness (QED) is 0.0380. The molecule has 0 radical (unpaired) electrons. The number of carbonyl (C=O) groups is 1. The molecule has 0 spiro atoms. The number of hydrogen-bond acceptors (Lipinski definition) is 11.